The average Bonchev–Trinajstić information content (AvgIpc) is 3.04. The Balaban J connectivity index is 2.03. The van der Waals surface area contributed by atoms with E-state index in [2.05, 4.69) is 11.9 Å². The Morgan fingerprint density at radius 1 is 1.25 bits per heavy atom. The summed E-state index contributed by atoms with van der Waals surface area (Å²) in [5.41, 5.74) is -0.388. The standard InChI is InChI=1S/C19H27ClN2O2/c1-3-4-5-6-7-12-24-18-9-8-16(20)13-17(18)19(2,23)14-22-11-10-21-15-22/h8-11,13,15,23H,3-7,12,14H2,1-2H3. The van der Waals surface area contributed by atoms with Crippen molar-refractivity contribution in [1.29, 1.82) is 0 Å². The fraction of sp³-hybridized carbons (Fsp3) is 0.526. The molecule has 1 unspecified atom stereocenters. The third kappa shape index (κ3) is 5.53. The topological polar surface area (TPSA) is 47.3 Å². The van der Waals surface area contributed by atoms with Gasteiger partial charge in [0.15, 0.2) is 0 Å². The molecule has 132 valence electrons. The Morgan fingerprint density at radius 2 is 2.04 bits per heavy atom. The van der Waals surface area contributed by atoms with Gasteiger partial charge >= 0.3 is 0 Å². The van der Waals surface area contributed by atoms with E-state index in [9.17, 15) is 5.11 Å². The molecule has 0 aliphatic carbocycles. The highest BCUT2D eigenvalue weighted by atomic mass is 35.5. The molecule has 0 amide bonds. The van der Waals surface area contributed by atoms with Crippen LogP contribution in [0.1, 0.15) is 51.5 Å². The highest BCUT2D eigenvalue weighted by molar-refractivity contribution is 6.30. The van der Waals surface area contributed by atoms with Crippen LogP contribution < -0.4 is 4.74 Å². The van der Waals surface area contributed by atoms with E-state index in [-0.39, 0.29) is 0 Å². The largest absolute Gasteiger partial charge is 0.493 e. The van der Waals surface area contributed by atoms with Crippen LogP contribution in [0.2, 0.25) is 5.02 Å². The second-order valence-corrected chi connectivity index (χ2v) is 6.85. The van der Waals surface area contributed by atoms with E-state index in [1.807, 2.05) is 16.8 Å². The Bertz CT molecular complexity index is 612. The van der Waals surface area contributed by atoms with Gasteiger partial charge in [0.2, 0.25) is 0 Å². The van der Waals surface area contributed by atoms with E-state index in [1.54, 1.807) is 31.6 Å². The summed E-state index contributed by atoms with van der Waals surface area (Å²) in [7, 11) is 0. The van der Waals surface area contributed by atoms with Crippen molar-refractivity contribution in [2.45, 2.75) is 58.1 Å². The molecule has 0 spiro atoms. The van der Waals surface area contributed by atoms with Crippen molar-refractivity contribution in [3.63, 3.8) is 0 Å². The van der Waals surface area contributed by atoms with E-state index >= 15 is 0 Å². The van der Waals surface area contributed by atoms with Crippen molar-refractivity contribution < 1.29 is 9.84 Å². The van der Waals surface area contributed by atoms with Gasteiger partial charge in [0.05, 0.1) is 19.5 Å². The number of ether oxygens (including phenoxy) is 1. The number of unbranched alkanes of at least 4 members (excludes halogenated alkanes) is 4. The monoisotopic (exact) mass is 350 g/mol. The zero-order chi connectivity index (χ0) is 17.4. The molecule has 0 radical (unpaired) electrons. The molecule has 0 aliphatic heterocycles. The number of halogens is 1. The Hall–Kier alpha value is -1.52. The van der Waals surface area contributed by atoms with Crippen LogP contribution in [0.5, 0.6) is 5.75 Å². The molecule has 24 heavy (non-hydrogen) atoms. The minimum absolute atomic E-state index is 0.389. The minimum atomic E-state index is -1.09. The SMILES string of the molecule is CCCCCCCOc1ccc(Cl)cc1C(C)(O)Cn1ccnc1. The molecule has 0 saturated carbocycles. The Kier molecular flexibility index (Phi) is 7.13. The van der Waals surface area contributed by atoms with E-state index in [0.717, 1.165) is 6.42 Å². The summed E-state index contributed by atoms with van der Waals surface area (Å²) >= 11 is 6.14. The molecule has 1 heterocycles. The van der Waals surface area contributed by atoms with Gasteiger partial charge in [-0.25, -0.2) is 4.98 Å². The van der Waals surface area contributed by atoms with Crippen molar-refractivity contribution >= 4 is 11.6 Å². The first-order valence-electron chi connectivity index (χ1n) is 8.64. The van der Waals surface area contributed by atoms with Crippen molar-refractivity contribution in [2.75, 3.05) is 6.61 Å². The van der Waals surface area contributed by atoms with Crippen LogP contribution in [0.3, 0.4) is 0 Å². The second-order valence-electron chi connectivity index (χ2n) is 6.41. The molecule has 2 aromatic rings. The number of rotatable bonds is 10. The summed E-state index contributed by atoms with van der Waals surface area (Å²) in [5.74, 6) is 0.694. The first kappa shape index (κ1) is 18.8. The summed E-state index contributed by atoms with van der Waals surface area (Å²) in [5, 5.41) is 11.5. The molecule has 1 atom stereocenters. The number of aliphatic hydroxyl groups is 1. The molecule has 4 nitrogen and oxygen atoms in total. The molecule has 1 aromatic heterocycles. The van der Waals surface area contributed by atoms with Crippen LogP contribution in [-0.4, -0.2) is 21.3 Å². The lowest BCUT2D eigenvalue weighted by molar-refractivity contribution is 0.0352. The predicted octanol–water partition coefficient (Wildman–Crippen LogP) is 4.79. The maximum absolute atomic E-state index is 10.9. The van der Waals surface area contributed by atoms with Crippen LogP contribution in [0, 0.1) is 0 Å². The summed E-state index contributed by atoms with van der Waals surface area (Å²) < 4.78 is 7.78. The van der Waals surface area contributed by atoms with Gasteiger partial charge < -0.3 is 14.4 Å². The molecule has 0 fully saturated rings. The zero-order valence-electron chi connectivity index (χ0n) is 14.5. The molecule has 2 rings (SSSR count). The number of aromatic nitrogens is 2. The van der Waals surface area contributed by atoms with E-state index in [4.69, 9.17) is 16.3 Å². The number of nitrogens with zero attached hydrogens (tertiary/aromatic N) is 2. The summed E-state index contributed by atoms with van der Waals surface area (Å²) in [6.45, 7) is 5.02. The molecular formula is C19H27ClN2O2. The van der Waals surface area contributed by atoms with E-state index in [1.165, 1.54) is 25.7 Å². The van der Waals surface area contributed by atoms with Gasteiger partial charge in [0.1, 0.15) is 11.4 Å². The van der Waals surface area contributed by atoms with Crippen LogP contribution in [-0.2, 0) is 12.1 Å². The average molecular weight is 351 g/mol. The summed E-state index contributed by atoms with van der Waals surface area (Å²) in [6.07, 6.45) is 11.1. The zero-order valence-corrected chi connectivity index (χ0v) is 15.3. The van der Waals surface area contributed by atoms with Gasteiger partial charge in [0.25, 0.3) is 0 Å². The number of hydrogen-bond acceptors (Lipinski definition) is 3. The van der Waals surface area contributed by atoms with Crippen molar-refractivity contribution in [3.05, 3.63) is 47.5 Å². The molecule has 1 N–H and O–H groups in total. The number of hydrogen-bond donors (Lipinski definition) is 1. The summed E-state index contributed by atoms with van der Waals surface area (Å²) in [4.78, 5) is 4.02. The van der Waals surface area contributed by atoms with Gasteiger partial charge in [-0.1, -0.05) is 44.2 Å². The van der Waals surface area contributed by atoms with Crippen molar-refractivity contribution in [3.8, 4) is 5.75 Å². The maximum Gasteiger partial charge on any atom is 0.125 e. The highest BCUT2D eigenvalue weighted by Crippen LogP contribution is 2.33. The van der Waals surface area contributed by atoms with Crippen LogP contribution in [0.15, 0.2) is 36.9 Å². The van der Waals surface area contributed by atoms with Gasteiger partial charge in [0, 0.05) is 23.0 Å². The van der Waals surface area contributed by atoms with Crippen LogP contribution in [0.25, 0.3) is 0 Å². The lowest BCUT2D eigenvalue weighted by Crippen LogP contribution is -2.28. The second kappa shape index (κ2) is 9.09. The lowest BCUT2D eigenvalue weighted by Gasteiger charge is -2.27. The number of imidazole rings is 1. The molecule has 0 saturated heterocycles. The molecule has 0 bridgehead atoms. The predicted molar refractivity (Wildman–Crippen MR) is 97.5 cm³/mol. The maximum atomic E-state index is 10.9. The molecule has 1 aromatic carbocycles. The molecular weight excluding hydrogens is 324 g/mol. The first-order valence-corrected chi connectivity index (χ1v) is 9.01. The quantitative estimate of drug-likeness (QED) is 0.626. The summed E-state index contributed by atoms with van der Waals surface area (Å²) in [6, 6.07) is 5.42. The van der Waals surface area contributed by atoms with Crippen LogP contribution >= 0.6 is 11.6 Å². The molecule has 5 heteroatoms. The van der Waals surface area contributed by atoms with E-state index in [0.29, 0.717) is 29.5 Å². The Labute approximate surface area is 149 Å². The minimum Gasteiger partial charge on any atom is -0.493 e. The highest BCUT2D eigenvalue weighted by Gasteiger charge is 2.28. The molecule has 0 aliphatic rings. The fourth-order valence-corrected chi connectivity index (χ4v) is 2.93. The lowest BCUT2D eigenvalue weighted by atomic mass is 9.95. The normalized spacial score (nSPS) is 13.7. The fourth-order valence-electron chi connectivity index (χ4n) is 2.76. The van der Waals surface area contributed by atoms with Crippen molar-refractivity contribution in [1.82, 2.24) is 9.55 Å². The first-order chi connectivity index (χ1) is 11.5. The van der Waals surface area contributed by atoms with E-state index < -0.39 is 5.60 Å². The van der Waals surface area contributed by atoms with Gasteiger partial charge in [-0.3, -0.25) is 0 Å². The third-order valence-electron chi connectivity index (χ3n) is 4.08. The Morgan fingerprint density at radius 3 is 2.75 bits per heavy atom. The van der Waals surface area contributed by atoms with Crippen LogP contribution in [0.4, 0.5) is 0 Å². The smallest absolute Gasteiger partial charge is 0.125 e. The third-order valence-corrected chi connectivity index (χ3v) is 4.31. The van der Waals surface area contributed by atoms with Gasteiger partial charge in [-0.2, -0.15) is 0 Å². The van der Waals surface area contributed by atoms with Crippen molar-refractivity contribution in [2.24, 2.45) is 0 Å². The van der Waals surface area contributed by atoms with Gasteiger partial charge in [-0.15, -0.1) is 0 Å². The van der Waals surface area contributed by atoms with Gasteiger partial charge in [-0.05, 0) is 31.5 Å². The number of benzene rings is 1.